The fourth-order valence-corrected chi connectivity index (χ4v) is 3.86. The van der Waals surface area contributed by atoms with Crippen LogP contribution in [0, 0.1) is 11.6 Å². The molecule has 3 rings (SSSR count). The predicted octanol–water partition coefficient (Wildman–Crippen LogP) is 9.15. The van der Waals surface area contributed by atoms with Crippen molar-refractivity contribution >= 4 is 0 Å². The van der Waals surface area contributed by atoms with Crippen LogP contribution in [0.25, 0.3) is 11.1 Å². The molecule has 0 aromatic heterocycles. The Morgan fingerprint density at radius 1 is 0.694 bits per heavy atom. The first-order valence-corrected chi connectivity index (χ1v) is 12.7. The van der Waals surface area contributed by atoms with Gasteiger partial charge in [0, 0.05) is 5.56 Å². The Labute approximate surface area is 211 Å². The van der Waals surface area contributed by atoms with Gasteiger partial charge in [-0.25, -0.2) is 4.39 Å². The lowest BCUT2D eigenvalue weighted by molar-refractivity contribution is -0.180. The lowest BCUT2D eigenvalue weighted by atomic mass is 10.0. The maximum atomic E-state index is 14.6. The summed E-state index contributed by atoms with van der Waals surface area (Å²) in [6.07, 6.45) is 2.15. The molecule has 0 N–H and O–H groups in total. The Kier molecular flexibility index (Phi) is 10.2. The molecule has 0 aliphatic carbocycles. The molecular weight excluding hydrogens is 468 g/mol. The van der Waals surface area contributed by atoms with Crippen LogP contribution in [0.4, 0.5) is 17.6 Å². The summed E-state index contributed by atoms with van der Waals surface area (Å²) >= 11 is 0. The van der Waals surface area contributed by atoms with Gasteiger partial charge in [0.25, 0.3) is 0 Å². The van der Waals surface area contributed by atoms with Gasteiger partial charge in [-0.15, -0.1) is 0 Å². The van der Waals surface area contributed by atoms with E-state index >= 15 is 0 Å². The van der Waals surface area contributed by atoms with E-state index < -0.39 is 24.2 Å². The summed E-state index contributed by atoms with van der Waals surface area (Å²) in [5.74, 6) is -2.00. The van der Waals surface area contributed by atoms with Crippen molar-refractivity contribution in [1.29, 1.82) is 0 Å². The number of benzene rings is 3. The first-order valence-electron chi connectivity index (χ1n) is 12.7. The number of alkyl halides is 2. The third kappa shape index (κ3) is 8.00. The van der Waals surface area contributed by atoms with Gasteiger partial charge in [-0.3, -0.25) is 0 Å². The van der Waals surface area contributed by atoms with Crippen molar-refractivity contribution in [2.45, 2.75) is 71.3 Å². The third-order valence-corrected chi connectivity index (χ3v) is 6.03. The van der Waals surface area contributed by atoms with E-state index in [4.69, 9.17) is 9.47 Å². The molecule has 0 radical (unpaired) electrons. The van der Waals surface area contributed by atoms with Crippen molar-refractivity contribution in [3.05, 3.63) is 83.4 Å². The zero-order valence-corrected chi connectivity index (χ0v) is 21.0. The van der Waals surface area contributed by atoms with Gasteiger partial charge in [-0.2, -0.15) is 13.2 Å². The number of aryl methyl sites for hydroxylation is 2. The summed E-state index contributed by atoms with van der Waals surface area (Å²) < 4.78 is 68.0. The molecule has 0 fully saturated rings. The van der Waals surface area contributed by atoms with Gasteiger partial charge >= 0.3 is 6.11 Å². The molecule has 3 aromatic carbocycles. The SMILES string of the molecule is CCCCCc1ccc(OC(F)(F)CCc2ccc(-c3ccc(OCCCC)c(F)c3F)cc2)cc1. The summed E-state index contributed by atoms with van der Waals surface area (Å²) in [6, 6.07) is 16.2. The number of hydrogen-bond donors (Lipinski definition) is 0. The van der Waals surface area contributed by atoms with Crippen LogP contribution in [0.15, 0.2) is 60.7 Å². The van der Waals surface area contributed by atoms with Crippen LogP contribution in [0.5, 0.6) is 11.5 Å². The minimum absolute atomic E-state index is 0.0728. The number of unbranched alkanes of at least 4 members (excludes halogenated alkanes) is 3. The van der Waals surface area contributed by atoms with Gasteiger partial charge in [0.1, 0.15) is 5.75 Å². The zero-order chi connectivity index (χ0) is 26.0. The van der Waals surface area contributed by atoms with Gasteiger partial charge in [0.2, 0.25) is 5.82 Å². The first kappa shape index (κ1) is 27.6. The van der Waals surface area contributed by atoms with Crippen LogP contribution >= 0.6 is 0 Å². The fraction of sp³-hybridized carbons (Fsp3) is 0.400. The summed E-state index contributed by atoms with van der Waals surface area (Å²) in [5.41, 5.74) is 2.30. The highest BCUT2D eigenvalue weighted by molar-refractivity contribution is 5.65. The van der Waals surface area contributed by atoms with Crippen molar-refractivity contribution in [3.8, 4) is 22.6 Å². The highest BCUT2D eigenvalue weighted by atomic mass is 19.3. The van der Waals surface area contributed by atoms with Crippen molar-refractivity contribution < 1.29 is 27.0 Å². The van der Waals surface area contributed by atoms with Crippen LogP contribution in [-0.2, 0) is 12.8 Å². The van der Waals surface area contributed by atoms with E-state index in [0.717, 1.165) is 44.1 Å². The van der Waals surface area contributed by atoms with Gasteiger partial charge in [0.05, 0.1) is 13.0 Å². The average molecular weight is 503 g/mol. The van der Waals surface area contributed by atoms with Crippen molar-refractivity contribution in [1.82, 2.24) is 0 Å². The van der Waals surface area contributed by atoms with Crippen LogP contribution in [0.2, 0.25) is 0 Å². The second-order valence-corrected chi connectivity index (χ2v) is 8.98. The molecule has 0 aliphatic heterocycles. The monoisotopic (exact) mass is 502 g/mol. The molecule has 3 aromatic rings. The highest BCUT2D eigenvalue weighted by Crippen LogP contribution is 2.31. The smallest absolute Gasteiger partial charge is 0.398 e. The molecule has 0 atom stereocenters. The molecule has 2 nitrogen and oxygen atoms in total. The Balaban J connectivity index is 1.56. The highest BCUT2D eigenvalue weighted by Gasteiger charge is 2.31. The first-order chi connectivity index (χ1) is 17.3. The molecular formula is C30H34F4O2. The van der Waals surface area contributed by atoms with Crippen LogP contribution in [0.1, 0.15) is 63.5 Å². The molecule has 36 heavy (non-hydrogen) atoms. The fourth-order valence-electron chi connectivity index (χ4n) is 3.86. The zero-order valence-electron chi connectivity index (χ0n) is 21.0. The third-order valence-electron chi connectivity index (χ3n) is 6.03. The largest absolute Gasteiger partial charge is 0.490 e. The number of ether oxygens (including phenoxy) is 2. The summed E-state index contributed by atoms with van der Waals surface area (Å²) in [6.45, 7) is 4.44. The van der Waals surface area contributed by atoms with E-state index in [9.17, 15) is 17.6 Å². The predicted molar refractivity (Wildman–Crippen MR) is 136 cm³/mol. The molecule has 0 unspecified atom stereocenters. The molecule has 0 spiro atoms. The van der Waals surface area contributed by atoms with Crippen LogP contribution < -0.4 is 9.47 Å². The standard InChI is InChI=1S/C30H34F4O2/c1-3-5-7-8-22-11-15-25(16-12-22)36-30(33,34)20-19-23-9-13-24(14-10-23)26-17-18-27(29(32)28(26)31)35-21-6-4-2/h9-18H,3-8,19-21H2,1-2H3. The van der Waals surface area contributed by atoms with E-state index in [1.54, 1.807) is 36.4 Å². The normalized spacial score (nSPS) is 11.5. The molecule has 6 heteroatoms. The van der Waals surface area contributed by atoms with Gasteiger partial charge in [-0.05, 0) is 66.6 Å². The van der Waals surface area contributed by atoms with Crippen molar-refractivity contribution in [2.24, 2.45) is 0 Å². The summed E-state index contributed by atoms with van der Waals surface area (Å²) in [7, 11) is 0. The Bertz CT molecular complexity index is 1080. The lowest BCUT2D eigenvalue weighted by Gasteiger charge is -2.18. The molecule has 0 saturated carbocycles. The van der Waals surface area contributed by atoms with Gasteiger partial charge < -0.3 is 9.47 Å². The lowest BCUT2D eigenvalue weighted by Crippen LogP contribution is -2.25. The van der Waals surface area contributed by atoms with Crippen LogP contribution in [-0.4, -0.2) is 12.7 Å². The number of rotatable bonds is 14. The van der Waals surface area contributed by atoms with Crippen molar-refractivity contribution in [3.63, 3.8) is 0 Å². The van der Waals surface area contributed by atoms with E-state index in [-0.39, 0.29) is 23.5 Å². The molecule has 0 aliphatic rings. The Morgan fingerprint density at radius 2 is 1.33 bits per heavy atom. The van der Waals surface area contributed by atoms with Crippen LogP contribution in [0.3, 0.4) is 0 Å². The topological polar surface area (TPSA) is 18.5 Å². The van der Waals surface area contributed by atoms with E-state index in [2.05, 4.69) is 6.92 Å². The summed E-state index contributed by atoms with van der Waals surface area (Å²) in [4.78, 5) is 0. The number of halogens is 4. The quantitative estimate of drug-likeness (QED) is 0.162. The maximum Gasteiger partial charge on any atom is 0.398 e. The maximum absolute atomic E-state index is 14.6. The second kappa shape index (κ2) is 13.3. The molecule has 0 amide bonds. The summed E-state index contributed by atoms with van der Waals surface area (Å²) in [5, 5.41) is 0. The van der Waals surface area contributed by atoms with E-state index in [0.29, 0.717) is 17.7 Å². The van der Waals surface area contributed by atoms with Gasteiger partial charge in [-0.1, -0.05) is 69.5 Å². The molecule has 0 bridgehead atoms. The molecule has 0 saturated heterocycles. The molecule has 0 heterocycles. The number of hydrogen-bond acceptors (Lipinski definition) is 2. The van der Waals surface area contributed by atoms with E-state index in [1.807, 2.05) is 19.1 Å². The van der Waals surface area contributed by atoms with E-state index in [1.165, 1.54) is 12.1 Å². The molecule has 194 valence electrons. The Hall–Kier alpha value is -3.02. The van der Waals surface area contributed by atoms with Crippen molar-refractivity contribution in [2.75, 3.05) is 6.61 Å². The minimum atomic E-state index is -3.33. The minimum Gasteiger partial charge on any atom is -0.490 e. The van der Waals surface area contributed by atoms with Gasteiger partial charge in [0.15, 0.2) is 11.6 Å². The second-order valence-electron chi connectivity index (χ2n) is 8.98. The average Bonchev–Trinajstić information content (AvgIpc) is 2.87. The Morgan fingerprint density at radius 3 is 2.00 bits per heavy atom.